The van der Waals surface area contributed by atoms with Crippen LogP contribution in [-0.2, 0) is 38.4 Å². The van der Waals surface area contributed by atoms with Gasteiger partial charge in [0.15, 0.2) is 5.78 Å². The Kier molecular flexibility index (Phi) is 65.6. The molecule has 320 valence electrons. The molecule has 0 unspecified atom stereocenters. The lowest BCUT2D eigenvalue weighted by Gasteiger charge is -2.26. The van der Waals surface area contributed by atoms with E-state index in [0.717, 1.165) is 48.5 Å². The van der Waals surface area contributed by atoms with Gasteiger partial charge in [0.05, 0.1) is 25.9 Å². The number of carboxylic acid groups (broad SMARTS) is 7. The first kappa shape index (κ1) is 70.1. The highest BCUT2D eigenvalue weighted by Gasteiger charge is 2.30. The highest BCUT2D eigenvalue weighted by atomic mass is 16.4. The van der Waals surface area contributed by atoms with E-state index in [1.54, 1.807) is 0 Å². The second-order valence-electron chi connectivity index (χ2n) is 8.63. The van der Waals surface area contributed by atoms with Gasteiger partial charge in [-0.25, -0.2) is 0 Å². The molecular formula is C26H56N2O25. The van der Waals surface area contributed by atoms with Gasteiger partial charge in [-0.15, -0.1) is 0 Å². The lowest BCUT2D eigenvalue weighted by molar-refractivity contribution is -0.143. The summed E-state index contributed by atoms with van der Waals surface area (Å²) in [5.41, 5.74) is 2.06. The number of rotatable bonds is 11. The van der Waals surface area contributed by atoms with Crippen molar-refractivity contribution in [2.45, 2.75) is 91.1 Å². The van der Waals surface area contributed by atoms with Gasteiger partial charge in [0, 0.05) is 48.5 Å². The van der Waals surface area contributed by atoms with E-state index in [1.165, 1.54) is 0 Å². The fraction of sp³-hybridized carbons (Fsp3) is 0.692. The van der Waals surface area contributed by atoms with Crippen LogP contribution in [0.15, 0.2) is 0 Å². The van der Waals surface area contributed by atoms with Crippen LogP contribution in [0.2, 0.25) is 0 Å². The van der Waals surface area contributed by atoms with Crippen molar-refractivity contribution in [1.82, 2.24) is 5.43 Å². The van der Waals surface area contributed by atoms with Crippen molar-refractivity contribution in [3.8, 4) is 0 Å². The zero-order chi connectivity index (χ0) is 45.2. The molecule has 0 fully saturated rings. The topological polar surface area (TPSA) is 519 Å². The maximum atomic E-state index is 10.5. The summed E-state index contributed by atoms with van der Waals surface area (Å²) >= 11 is 0. The summed E-state index contributed by atoms with van der Waals surface area (Å²) in [5, 5.41) is 139. The van der Waals surface area contributed by atoms with Gasteiger partial charge >= 0.3 is 0 Å². The number of hydrogen-bond acceptors (Lipinski definition) is 20. The molecule has 20 N–H and O–H groups in total. The zero-order valence-electron chi connectivity index (χ0n) is 29.8. The van der Waals surface area contributed by atoms with Gasteiger partial charge in [-0.1, -0.05) is 0 Å². The van der Waals surface area contributed by atoms with Crippen LogP contribution in [0.3, 0.4) is 0 Å². The van der Waals surface area contributed by atoms with Crippen LogP contribution in [0.4, 0.5) is 0 Å². The van der Waals surface area contributed by atoms with Crippen molar-refractivity contribution in [1.29, 1.82) is 0 Å². The monoisotopic (exact) mass is 796 g/mol. The summed E-state index contributed by atoms with van der Waals surface area (Å²) in [7, 11) is 0. The van der Waals surface area contributed by atoms with Crippen molar-refractivity contribution in [2.24, 2.45) is 5.84 Å². The van der Waals surface area contributed by atoms with Crippen molar-refractivity contribution < 1.29 is 125 Å². The molecule has 0 saturated carbocycles. The van der Waals surface area contributed by atoms with Crippen LogP contribution in [0.5, 0.6) is 0 Å². The molecule has 0 aliphatic heterocycles. The summed E-state index contributed by atoms with van der Waals surface area (Å²) < 4.78 is 0. The number of hydrogen-bond donors (Lipinski definition) is 19. The molecule has 27 heteroatoms. The zero-order valence-corrected chi connectivity index (χ0v) is 29.8. The predicted octanol–water partition coefficient (Wildman–Crippen LogP) is -6.86. The van der Waals surface area contributed by atoms with Crippen LogP contribution in [0.25, 0.3) is 0 Å². The normalized spacial score (nSPS) is 12.6. The van der Waals surface area contributed by atoms with Crippen LogP contribution in [0, 0.1) is 0 Å². The molecule has 0 aromatic heterocycles. The number of nitrogens with two attached hydrogens (primary N) is 1. The molecule has 0 bridgehead atoms. The summed E-state index contributed by atoms with van der Waals surface area (Å²) in [6.45, 7) is 4.72. The molecular weight excluding hydrogens is 740 g/mol. The molecule has 0 aliphatic rings. The Labute approximate surface area is 302 Å². The van der Waals surface area contributed by atoms with Crippen LogP contribution < -0.4 is 11.3 Å². The summed E-state index contributed by atoms with van der Waals surface area (Å²) in [5.74, 6) is -1.90. The van der Waals surface area contributed by atoms with Gasteiger partial charge in [0.1, 0.15) is 43.2 Å². The van der Waals surface area contributed by atoms with Gasteiger partial charge < -0.3 is 86.8 Å². The maximum absolute atomic E-state index is 10.5. The van der Waals surface area contributed by atoms with E-state index in [1.807, 2.05) is 0 Å². The third-order valence-corrected chi connectivity index (χ3v) is 3.14. The van der Waals surface area contributed by atoms with Gasteiger partial charge in [-0.2, -0.15) is 0 Å². The number of nitrogens with one attached hydrogen (secondary N) is 1. The standard InChI is InChI=1S/C6H16N2O5.C6H12O6.7C2H4O2/c7-8-3(1-9)5(12)6(13)4(11)2-10;7-1-3(9)5(11)6(12)4(10)2-8;7*1-2(3)4/h3-6,8-13H,1-2,7H2;3,5-9,11-12H,1-2H2;7*1H3,(H,3,4)/t3-,4-,5-,6+;3-,5+,6-;;;;;;;/m11......./s1. The van der Waals surface area contributed by atoms with Gasteiger partial charge in [0.2, 0.25) is 0 Å². The van der Waals surface area contributed by atoms with Crippen molar-refractivity contribution in [2.75, 3.05) is 26.4 Å². The molecule has 0 saturated heterocycles. The number of aliphatic hydroxyl groups is 10. The molecule has 53 heavy (non-hydrogen) atoms. The Morgan fingerprint density at radius 2 is 0.642 bits per heavy atom. The van der Waals surface area contributed by atoms with E-state index >= 15 is 0 Å². The van der Waals surface area contributed by atoms with E-state index in [2.05, 4.69) is 5.43 Å². The number of hydrazine groups is 1. The Morgan fingerprint density at radius 3 is 0.792 bits per heavy atom. The maximum Gasteiger partial charge on any atom is 0.300 e. The highest BCUT2D eigenvalue weighted by molar-refractivity contribution is 5.84. The molecule has 0 heterocycles. The van der Waals surface area contributed by atoms with Crippen molar-refractivity contribution >= 4 is 47.6 Å². The number of carbonyl (C=O) groups excluding carboxylic acids is 1. The Balaban J connectivity index is -0.0000000627. The van der Waals surface area contributed by atoms with Crippen LogP contribution >= 0.6 is 0 Å². The Hall–Kier alpha value is -4.52. The van der Waals surface area contributed by atoms with Crippen LogP contribution in [-0.4, -0.2) is 203 Å². The summed E-state index contributed by atoms with van der Waals surface area (Å²) in [4.78, 5) is 73.5. The lowest BCUT2D eigenvalue weighted by atomic mass is 10.0. The molecule has 0 aromatic carbocycles. The van der Waals surface area contributed by atoms with E-state index in [-0.39, 0.29) is 0 Å². The Bertz CT molecular complexity index is 800. The molecule has 0 amide bonds. The van der Waals surface area contributed by atoms with Gasteiger partial charge in [-0.3, -0.25) is 49.6 Å². The SMILES string of the molecule is CC(=O)O.CC(=O)O.CC(=O)O.CC(=O)O.CC(=O)O.CC(=O)O.CC(=O)O.NN[C@H](CO)[C@@H](O)[C@@H](O)[C@H](O)CO.O=C(CO)[C@@H](O)[C@@H](O)[C@H](O)CO. The lowest BCUT2D eigenvalue weighted by Crippen LogP contribution is -2.54. The number of carbonyl (C=O) groups is 8. The first-order chi connectivity index (χ1) is 23.7. The molecule has 0 radical (unpaired) electrons. The summed E-state index contributed by atoms with van der Waals surface area (Å²) in [6.07, 6.45) is -9.69. The second-order valence-corrected chi connectivity index (χ2v) is 8.63. The van der Waals surface area contributed by atoms with E-state index in [0.29, 0.717) is 0 Å². The third kappa shape index (κ3) is 113. The minimum absolute atomic E-state index is 0.493. The largest absolute Gasteiger partial charge is 0.481 e. The second kappa shape index (κ2) is 49.6. The van der Waals surface area contributed by atoms with Crippen LogP contribution in [0.1, 0.15) is 48.5 Å². The van der Waals surface area contributed by atoms with Gasteiger partial charge in [0.25, 0.3) is 41.8 Å². The number of aliphatic hydroxyl groups excluding tert-OH is 10. The van der Waals surface area contributed by atoms with Gasteiger partial charge in [-0.05, 0) is 0 Å². The molecule has 0 spiro atoms. The molecule has 27 nitrogen and oxygen atoms in total. The first-order valence-electron chi connectivity index (χ1n) is 13.6. The third-order valence-electron chi connectivity index (χ3n) is 3.14. The summed E-state index contributed by atoms with van der Waals surface area (Å²) in [6, 6.07) is -0.948. The quantitative estimate of drug-likeness (QED) is 0.0682. The predicted molar refractivity (Wildman–Crippen MR) is 174 cm³/mol. The highest BCUT2D eigenvalue weighted by Crippen LogP contribution is 2.04. The fourth-order valence-corrected chi connectivity index (χ4v) is 1.44. The molecule has 0 aromatic rings. The number of carboxylic acids is 7. The average molecular weight is 797 g/mol. The van der Waals surface area contributed by atoms with E-state index < -0.39 is 117 Å². The Morgan fingerprint density at radius 1 is 0.434 bits per heavy atom. The fourth-order valence-electron chi connectivity index (χ4n) is 1.44. The number of Topliss-reactive ketones (excluding diaryl/α,β-unsaturated/α-hetero) is 1. The molecule has 0 rings (SSSR count). The van der Waals surface area contributed by atoms with Crippen molar-refractivity contribution in [3.05, 3.63) is 0 Å². The first-order valence-corrected chi connectivity index (χ1v) is 13.6. The van der Waals surface area contributed by atoms with E-state index in [9.17, 15) is 9.90 Å². The van der Waals surface area contributed by atoms with Crippen molar-refractivity contribution in [3.63, 3.8) is 0 Å². The number of aliphatic carboxylic acids is 7. The minimum Gasteiger partial charge on any atom is -0.481 e. The minimum atomic E-state index is -1.86. The molecule has 7 atom stereocenters. The average Bonchev–Trinajstić information content (AvgIpc) is 2.97. The smallest absolute Gasteiger partial charge is 0.300 e. The number of ketones is 1. The van der Waals surface area contributed by atoms with E-state index in [4.69, 9.17) is 121 Å². The molecule has 0 aliphatic carbocycles.